The fraction of sp³-hybridized carbons (Fsp3) is 0.0909. The Labute approximate surface area is 222 Å². The lowest BCUT2D eigenvalue weighted by Gasteiger charge is -2.45. The molecule has 8 rings (SSSR count). The lowest BCUT2D eigenvalue weighted by Crippen LogP contribution is -2.65. The van der Waals surface area contributed by atoms with Crippen LogP contribution in [0.1, 0.15) is 16.7 Å². The summed E-state index contributed by atoms with van der Waals surface area (Å²) in [5, 5.41) is 0. The standard InChI is InChI=1S/C33H24B2FNO/c1-19-15-20(2)31(21(3)16-19)34-25-11-5-6-12-28(25)37-29-13-8-10-24-23-9-4-7-14-30(23)38-35(32(24)29)27-18-22(36)17-26(34)33(27)37/h4-18H,1-3H3. The van der Waals surface area contributed by atoms with Crippen LogP contribution in [0, 0.1) is 26.6 Å². The molecule has 38 heavy (non-hydrogen) atoms. The highest BCUT2D eigenvalue weighted by Crippen LogP contribution is 2.43. The molecule has 0 amide bonds. The van der Waals surface area contributed by atoms with E-state index in [2.05, 4.69) is 86.3 Å². The van der Waals surface area contributed by atoms with Crippen molar-refractivity contribution in [2.24, 2.45) is 0 Å². The van der Waals surface area contributed by atoms with Crippen molar-refractivity contribution in [3.05, 3.63) is 114 Å². The van der Waals surface area contributed by atoms with E-state index in [1.807, 2.05) is 18.2 Å². The summed E-state index contributed by atoms with van der Waals surface area (Å²) in [6.45, 7) is 6.05. The molecule has 5 heteroatoms. The SMILES string of the molecule is Cc1cc(C)c(B2c3ccccc3N3c4cccc5c4B(Oc4ccccc4-5)c4cc(F)cc2c43)c(C)c1. The van der Waals surface area contributed by atoms with E-state index >= 15 is 4.39 Å². The van der Waals surface area contributed by atoms with Gasteiger partial charge in [0.15, 0.2) is 0 Å². The third-order valence-electron chi connectivity index (χ3n) is 8.47. The van der Waals surface area contributed by atoms with Crippen molar-refractivity contribution in [2.75, 3.05) is 4.90 Å². The van der Waals surface area contributed by atoms with Crippen molar-refractivity contribution < 1.29 is 9.04 Å². The number of nitrogens with zero attached hydrogens (tertiary/aromatic N) is 1. The van der Waals surface area contributed by atoms with Crippen LogP contribution in [0.4, 0.5) is 21.5 Å². The summed E-state index contributed by atoms with van der Waals surface area (Å²) in [7, 11) is 0. The maximum Gasteiger partial charge on any atom is 0.431 e. The van der Waals surface area contributed by atoms with Crippen LogP contribution in [0.2, 0.25) is 0 Å². The normalized spacial score (nSPS) is 13.8. The van der Waals surface area contributed by atoms with Crippen LogP contribution in [-0.2, 0) is 0 Å². The third-order valence-corrected chi connectivity index (χ3v) is 8.47. The first-order chi connectivity index (χ1) is 18.5. The van der Waals surface area contributed by atoms with Gasteiger partial charge in [0.1, 0.15) is 11.6 Å². The lowest BCUT2D eigenvalue weighted by molar-refractivity contribution is 0.588. The molecule has 5 aromatic carbocycles. The topological polar surface area (TPSA) is 12.5 Å². The van der Waals surface area contributed by atoms with Crippen molar-refractivity contribution in [3.8, 4) is 16.9 Å². The minimum absolute atomic E-state index is 0.0758. The molecule has 0 unspecified atom stereocenters. The van der Waals surface area contributed by atoms with E-state index in [0.717, 1.165) is 50.3 Å². The number of hydrogen-bond donors (Lipinski definition) is 0. The molecule has 0 aromatic heterocycles. The Hall–Kier alpha value is -4.24. The molecule has 3 aliphatic rings. The zero-order valence-electron chi connectivity index (χ0n) is 21.5. The van der Waals surface area contributed by atoms with Crippen LogP contribution < -0.4 is 36.9 Å². The van der Waals surface area contributed by atoms with Gasteiger partial charge in [0, 0.05) is 28.1 Å². The fourth-order valence-electron chi connectivity index (χ4n) is 7.21. The second-order valence-electron chi connectivity index (χ2n) is 10.8. The largest absolute Gasteiger partial charge is 0.551 e. The van der Waals surface area contributed by atoms with Crippen LogP contribution in [0.3, 0.4) is 0 Å². The van der Waals surface area contributed by atoms with Crippen molar-refractivity contribution >= 4 is 58.0 Å². The molecule has 0 aliphatic carbocycles. The zero-order chi connectivity index (χ0) is 25.7. The number of benzene rings is 5. The molecule has 5 aromatic rings. The highest BCUT2D eigenvalue weighted by Gasteiger charge is 2.47. The van der Waals surface area contributed by atoms with Crippen LogP contribution in [0.25, 0.3) is 11.1 Å². The van der Waals surface area contributed by atoms with Gasteiger partial charge in [-0.25, -0.2) is 4.39 Å². The average molecular weight is 491 g/mol. The summed E-state index contributed by atoms with van der Waals surface area (Å²) < 4.78 is 22.3. The van der Waals surface area contributed by atoms with Crippen LogP contribution in [0.15, 0.2) is 91.0 Å². The Morgan fingerprint density at radius 3 is 2.18 bits per heavy atom. The van der Waals surface area contributed by atoms with Crippen molar-refractivity contribution in [3.63, 3.8) is 0 Å². The van der Waals surface area contributed by atoms with E-state index in [9.17, 15) is 0 Å². The molecule has 3 aliphatic heterocycles. The summed E-state index contributed by atoms with van der Waals surface area (Å²) >= 11 is 0. The zero-order valence-corrected chi connectivity index (χ0v) is 21.5. The minimum atomic E-state index is -0.372. The van der Waals surface area contributed by atoms with Gasteiger partial charge in [-0.05, 0) is 73.1 Å². The van der Waals surface area contributed by atoms with Gasteiger partial charge in [-0.1, -0.05) is 82.8 Å². The first-order valence-electron chi connectivity index (χ1n) is 13.2. The van der Waals surface area contributed by atoms with E-state index in [1.165, 1.54) is 27.6 Å². The van der Waals surface area contributed by atoms with Crippen LogP contribution in [0.5, 0.6) is 5.75 Å². The number of fused-ring (bicyclic) bond motifs is 6. The first-order valence-corrected chi connectivity index (χ1v) is 13.2. The summed E-state index contributed by atoms with van der Waals surface area (Å²) in [4.78, 5) is 2.35. The molecule has 0 spiro atoms. The number of para-hydroxylation sites is 2. The van der Waals surface area contributed by atoms with Crippen molar-refractivity contribution in [1.29, 1.82) is 0 Å². The monoisotopic (exact) mass is 491 g/mol. The molecule has 0 saturated carbocycles. The number of aryl methyl sites for hydroxylation is 3. The molecule has 0 fully saturated rings. The number of anilines is 3. The number of hydrogen-bond acceptors (Lipinski definition) is 2. The van der Waals surface area contributed by atoms with Gasteiger partial charge in [0.05, 0.1) is 0 Å². The van der Waals surface area contributed by atoms with Gasteiger partial charge in [-0.3, -0.25) is 0 Å². The predicted molar refractivity (Wildman–Crippen MR) is 157 cm³/mol. The molecule has 0 atom stereocenters. The van der Waals surface area contributed by atoms with Crippen molar-refractivity contribution in [1.82, 2.24) is 0 Å². The van der Waals surface area contributed by atoms with E-state index in [4.69, 9.17) is 4.65 Å². The second kappa shape index (κ2) is 7.64. The summed E-state index contributed by atoms with van der Waals surface area (Å²) in [5.41, 5.74) is 14.7. The van der Waals surface area contributed by atoms with Gasteiger partial charge in [0.25, 0.3) is 0 Å². The molecule has 3 heterocycles. The molecule has 180 valence electrons. The summed E-state index contributed by atoms with van der Waals surface area (Å²) in [5.74, 6) is 0.612. The summed E-state index contributed by atoms with van der Waals surface area (Å²) in [6, 6.07) is 31.2. The molecular formula is C33H24B2FNO. The van der Waals surface area contributed by atoms with Gasteiger partial charge >= 0.3 is 6.92 Å². The maximum absolute atomic E-state index is 15.6. The molecule has 0 radical (unpaired) electrons. The lowest BCUT2D eigenvalue weighted by atomic mass is 9.32. The van der Waals surface area contributed by atoms with Gasteiger partial charge in [0.2, 0.25) is 6.71 Å². The maximum atomic E-state index is 15.6. The van der Waals surface area contributed by atoms with E-state index in [0.29, 0.717) is 0 Å². The molecule has 0 N–H and O–H groups in total. The molecule has 0 bridgehead atoms. The van der Waals surface area contributed by atoms with Gasteiger partial charge in [-0.15, -0.1) is 0 Å². The van der Waals surface area contributed by atoms with Crippen LogP contribution >= 0.6 is 0 Å². The van der Waals surface area contributed by atoms with E-state index < -0.39 is 0 Å². The fourth-order valence-corrected chi connectivity index (χ4v) is 7.21. The Kier molecular flexibility index (Phi) is 4.39. The summed E-state index contributed by atoms with van der Waals surface area (Å²) in [6.07, 6.45) is 0. The average Bonchev–Trinajstić information content (AvgIpc) is 2.91. The smallest absolute Gasteiger partial charge is 0.431 e. The Morgan fingerprint density at radius 2 is 1.34 bits per heavy atom. The molecular weight excluding hydrogens is 467 g/mol. The highest BCUT2D eigenvalue weighted by atomic mass is 19.1. The highest BCUT2D eigenvalue weighted by molar-refractivity contribution is 6.99. The Morgan fingerprint density at radius 1 is 0.658 bits per heavy atom. The number of halogens is 1. The van der Waals surface area contributed by atoms with Gasteiger partial charge in [-0.2, -0.15) is 0 Å². The Balaban J connectivity index is 1.49. The third kappa shape index (κ3) is 2.79. The first kappa shape index (κ1) is 21.8. The van der Waals surface area contributed by atoms with E-state index in [1.54, 1.807) is 12.1 Å². The Bertz CT molecular complexity index is 1810. The van der Waals surface area contributed by atoms with Crippen molar-refractivity contribution in [2.45, 2.75) is 20.8 Å². The van der Waals surface area contributed by atoms with Gasteiger partial charge < -0.3 is 9.55 Å². The molecule has 0 saturated heterocycles. The predicted octanol–water partition coefficient (Wildman–Crippen LogP) is 4.53. The van der Waals surface area contributed by atoms with E-state index in [-0.39, 0.29) is 19.4 Å². The number of rotatable bonds is 1. The van der Waals surface area contributed by atoms with Crippen LogP contribution in [-0.4, -0.2) is 13.6 Å². The second-order valence-corrected chi connectivity index (χ2v) is 10.8. The minimum Gasteiger partial charge on any atom is -0.551 e. The quantitative estimate of drug-likeness (QED) is 0.314. The molecule has 2 nitrogen and oxygen atoms in total.